The van der Waals surface area contributed by atoms with Gasteiger partial charge in [0.2, 0.25) is 0 Å². The molecule has 4 nitrogen and oxygen atoms in total. The van der Waals surface area contributed by atoms with Crippen LogP contribution in [0.5, 0.6) is 0 Å². The van der Waals surface area contributed by atoms with Crippen molar-refractivity contribution in [1.29, 1.82) is 0 Å². The highest BCUT2D eigenvalue weighted by Crippen LogP contribution is 2.35. The maximum Gasteiger partial charge on any atom is 0.167 e. The molecule has 0 bridgehead atoms. The largest absolute Gasteiger partial charge is 0.455 e. The first-order valence-electron chi connectivity index (χ1n) is 7.50. The number of fused-ring (bicyclic) bond motifs is 4. The number of pyridine rings is 1. The number of para-hydroxylation sites is 2. The number of hydrogen-bond donors (Lipinski definition) is 0. The van der Waals surface area contributed by atoms with Gasteiger partial charge in [-0.25, -0.2) is 15.0 Å². The third-order valence-corrected chi connectivity index (χ3v) is 4.36. The molecule has 0 saturated carbocycles. The van der Waals surface area contributed by atoms with E-state index in [1.807, 2.05) is 54.6 Å². The zero-order valence-electron chi connectivity index (χ0n) is 12.4. The van der Waals surface area contributed by atoms with Gasteiger partial charge in [0, 0.05) is 17.0 Å². The molecule has 5 rings (SSSR count). The molecule has 24 heavy (non-hydrogen) atoms. The smallest absolute Gasteiger partial charge is 0.167 e. The minimum Gasteiger partial charge on any atom is -0.455 e. The molecule has 0 unspecified atom stereocenters. The Bertz CT molecular complexity index is 1230. The lowest BCUT2D eigenvalue weighted by molar-refractivity contribution is 0.669. The summed E-state index contributed by atoms with van der Waals surface area (Å²) in [4.78, 5) is 13.3. The third kappa shape index (κ3) is 1.90. The number of furan rings is 1. The highest BCUT2D eigenvalue weighted by atomic mass is 35.5. The van der Waals surface area contributed by atoms with Crippen LogP contribution in [0.25, 0.3) is 44.4 Å². The quantitative estimate of drug-likeness (QED) is 0.394. The van der Waals surface area contributed by atoms with E-state index >= 15 is 0 Å². The van der Waals surface area contributed by atoms with Crippen molar-refractivity contribution in [2.45, 2.75) is 0 Å². The molecule has 5 heteroatoms. The van der Waals surface area contributed by atoms with Crippen LogP contribution in [-0.4, -0.2) is 15.0 Å². The van der Waals surface area contributed by atoms with Crippen LogP contribution in [-0.2, 0) is 0 Å². The molecule has 0 aliphatic rings. The van der Waals surface area contributed by atoms with Gasteiger partial charge in [-0.05, 0) is 24.3 Å². The summed E-state index contributed by atoms with van der Waals surface area (Å²) in [5, 5.41) is 3.22. The SMILES string of the molecule is Clc1nc(-c2cccc3c2oc2ccccc23)nc2ncccc12. The van der Waals surface area contributed by atoms with E-state index in [0.29, 0.717) is 16.6 Å². The molecular formula is C19H10ClN3O. The maximum atomic E-state index is 6.32. The molecule has 0 N–H and O–H groups in total. The van der Waals surface area contributed by atoms with E-state index in [1.165, 1.54) is 0 Å². The van der Waals surface area contributed by atoms with E-state index in [4.69, 9.17) is 16.0 Å². The van der Waals surface area contributed by atoms with Crippen LogP contribution in [0.3, 0.4) is 0 Å². The molecule has 0 amide bonds. The van der Waals surface area contributed by atoms with Gasteiger partial charge in [-0.2, -0.15) is 0 Å². The summed E-state index contributed by atoms with van der Waals surface area (Å²) in [7, 11) is 0. The van der Waals surface area contributed by atoms with Gasteiger partial charge in [0.1, 0.15) is 16.3 Å². The number of benzene rings is 2. The lowest BCUT2D eigenvalue weighted by Crippen LogP contribution is -1.93. The van der Waals surface area contributed by atoms with Gasteiger partial charge in [0.05, 0.1) is 10.9 Å². The zero-order chi connectivity index (χ0) is 16.1. The van der Waals surface area contributed by atoms with E-state index in [1.54, 1.807) is 6.20 Å². The summed E-state index contributed by atoms with van der Waals surface area (Å²) in [6, 6.07) is 17.6. The van der Waals surface area contributed by atoms with Gasteiger partial charge in [-0.1, -0.05) is 41.9 Å². The second-order valence-corrected chi connectivity index (χ2v) is 5.85. The van der Waals surface area contributed by atoms with Crippen molar-refractivity contribution < 1.29 is 4.42 Å². The van der Waals surface area contributed by atoms with Crippen molar-refractivity contribution in [3.63, 3.8) is 0 Å². The Labute approximate surface area is 141 Å². The van der Waals surface area contributed by atoms with Crippen molar-refractivity contribution >= 4 is 44.6 Å². The number of aromatic nitrogens is 3. The summed E-state index contributed by atoms with van der Waals surface area (Å²) >= 11 is 6.32. The van der Waals surface area contributed by atoms with Crippen LogP contribution in [0.2, 0.25) is 5.15 Å². The minimum atomic E-state index is 0.385. The molecule has 5 aromatic rings. The third-order valence-electron chi connectivity index (χ3n) is 4.07. The number of rotatable bonds is 1. The van der Waals surface area contributed by atoms with Gasteiger partial charge in [0.15, 0.2) is 11.5 Å². The first-order chi connectivity index (χ1) is 11.8. The molecule has 0 saturated heterocycles. The molecule has 0 aliphatic heterocycles. The number of hydrogen-bond acceptors (Lipinski definition) is 4. The van der Waals surface area contributed by atoms with E-state index in [0.717, 1.165) is 32.9 Å². The van der Waals surface area contributed by atoms with E-state index < -0.39 is 0 Å². The maximum absolute atomic E-state index is 6.32. The number of halogens is 1. The van der Waals surface area contributed by atoms with Crippen LogP contribution in [0.15, 0.2) is 65.2 Å². The molecule has 0 aliphatic carbocycles. The molecule has 2 aromatic carbocycles. The van der Waals surface area contributed by atoms with Crippen molar-refractivity contribution in [2.24, 2.45) is 0 Å². The van der Waals surface area contributed by atoms with Crippen LogP contribution in [0.4, 0.5) is 0 Å². The molecule has 3 aromatic heterocycles. The van der Waals surface area contributed by atoms with Crippen LogP contribution in [0, 0.1) is 0 Å². The molecule has 0 spiro atoms. The van der Waals surface area contributed by atoms with Gasteiger partial charge in [-0.15, -0.1) is 0 Å². The van der Waals surface area contributed by atoms with E-state index in [-0.39, 0.29) is 0 Å². The molecule has 0 atom stereocenters. The Morgan fingerprint density at radius 1 is 0.792 bits per heavy atom. The molecule has 0 radical (unpaired) electrons. The van der Waals surface area contributed by atoms with Gasteiger partial charge < -0.3 is 4.42 Å². The van der Waals surface area contributed by atoms with Crippen molar-refractivity contribution in [1.82, 2.24) is 15.0 Å². The first kappa shape index (κ1) is 13.5. The Kier molecular flexibility index (Phi) is 2.81. The van der Waals surface area contributed by atoms with E-state index in [2.05, 4.69) is 15.0 Å². The monoisotopic (exact) mass is 331 g/mol. The average Bonchev–Trinajstić information content (AvgIpc) is 3.00. The molecule has 114 valence electrons. The second-order valence-electron chi connectivity index (χ2n) is 5.49. The summed E-state index contributed by atoms with van der Waals surface area (Å²) in [6.07, 6.45) is 1.69. The standard InChI is InChI=1S/C19H10ClN3O/c20-17-14-8-4-10-21-18(14)23-19(22-17)13-7-3-6-12-11-5-1-2-9-15(11)24-16(12)13/h1-10H. The van der Waals surface area contributed by atoms with Crippen LogP contribution in [0.1, 0.15) is 0 Å². The lowest BCUT2D eigenvalue weighted by atomic mass is 10.1. The highest BCUT2D eigenvalue weighted by molar-refractivity contribution is 6.34. The zero-order valence-corrected chi connectivity index (χ0v) is 13.2. The second kappa shape index (κ2) is 5.01. The van der Waals surface area contributed by atoms with Crippen molar-refractivity contribution in [2.75, 3.05) is 0 Å². The fourth-order valence-corrected chi connectivity index (χ4v) is 3.20. The van der Waals surface area contributed by atoms with E-state index in [9.17, 15) is 0 Å². The van der Waals surface area contributed by atoms with Crippen molar-refractivity contribution in [3.05, 3.63) is 65.9 Å². The predicted molar refractivity (Wildman–Crippen MR) is 95.1 cm³/mol. The Hall–Kier alpha value is -2.98. The Morgan fingerprint density at radius 2 is 1.62 bits per heavy atom. The van der Waals surface area contributed by atoms with Crippen LogP contribution >= 0.6 is 11.6 Å². The van der Waals surface area contributed by atoms with Crippen molar-refractivity contribution in [3.8, 4) is 11.4 Å². The first-order valence-corrected chi connectivity index (χ1v) is 7.88. The number of nitrogens with zero attached hydrogens (tertiary/aromatic N) is 3. The normalized spacial score (nSPS) is 11.5. The van der Waals surface area contributed by atoms with Gasteiger partial charge >= 0.3 is 0 Å². The Balaban J connectivity index is 1.86. The topological polar surface area (TPSA) is 51.8 Å². The molecule has 0 fully saturated rings. The Morgan fingerprint density at radius 3 is 2.58 bits per heavy atom. The highest BCUT2D eigenvalue weighted by Gasteiger charge is 2.15. The van der Waals surface area contributed by atoms with Crippen LogP contribution < -0.4 is 0 Å². The summed E-state index contributed by atoms with van der Waals surface area (Å²) < 4.78 is 6.05. The fraction of sp³-hybridized carbons (Fsp3) is 0. The lowest BCUT2D eigenvalue weighted by Gasteiger charge is -2.04. The fourth-order valence-electron chi connectivity index (χ4n) is 2.97. The average molecular weight is 332 g/mol. The summed E-state index contributed by atoms with van der Waals surface area (Å²) in [6.45, 7) is 0. The molecule has 3 heterocycles. The van der Waals surface area contributed by atoms with Gasteiger partial charge in [-0.3, -0.25) is 0 Å². The molecular weight excluding hydrogens is 322 g/mol. The predicted octanol–water partition coefficient (Wildman–Crippen LogP) is 5.24. The summed E-state index contributed by atoms with van der Waals surface area (Å²) in [5.41, 5.74) is 2.97. The summed E-state index contributed by atoms with van der Waals surface area (Å²) in [5.74, 6) is 0.510. The van der Waals surface area contributed by atoms with Gasteiger partial charge in [0.25, 0.3) is 0 Å². The minimum absolute atomic E-state index is 0.385.